The Balaban J connectivity index is 1.69. The van der Waals surface area contributed by atoms with Crippen molar-refractivity contribution in [1.82, 2.24) is 9.97 Å². The number of nitrogens with two attached hydrogens (primary N) is 1. The molecule has 25 heavy (non-hydrogen) atoms. The molecule has 1 aliphatic rings. The molecule has 2 aromatic rings. The largest absolute Gasteiger partial charge is 0.468 e. The number of hydrogen-bond donors (Lipinski definition) is 2. The summed E-state index contributed by atoms with van der Waals surface area (Å²) in [5.74, 6) is 1.16. The Morgan fingerprint density at radius 1 is 1.32 bits per heavy atom. The zero-order chi connectivity index (χ0) is 17.9. The Bertz CT molecular complexity index is 762. The number of aromatic nitrogens is 2. The average Bonchev–Trinajstić information content (AvgIpc) is 2.62. The smallest absolute Gasteiger partial charge is 0.325 e. The first-order valence-corrected chi connectivity index (χ1v) is 8.76. The van der Waals surface area contributed by atoms with Gasteiger partial charge in [-0.3, -0.25) is 4.79 Å². The molecule has 0 unspecified atom stereocenters. The van der Waals surface area contributed by atoms with Gasteiger partial charge in [-0.25, -0.2) is 9.97 Å². The monoisotopic (exact) mass is 405 g/mol. The standard InChI is InChI=1S/C17H20BrN5O2/c1-25-16(24)17(19)5-7-23(8-6-17)15-10-14(20-11-21-15)22-13-4-2-3-12(18)9-13/h2-4,9-11H,5-8,19H2,1H3,(H,20,21,22). The molecule has 3 rings (SSSR count). The van der Waals surface area contributed by atoms with Crippen molar-refractivity contribution >= 4 is 39.2 Å². The van der Waals surface area contributed by atoms with E-state index in [9.17, 15) is 4.79 Å². The highest BCUT2D eigenvalue weighted by Gasteiger charge is 2.39. The predicted molar refractivity (Wildman–Crippen MR) is 99.8 cm³/mol. The van der Waals surface area contributed by atoms with Crippen molar-refractivity contribution in [3.63, 3.8) is 0 Å². The topological polar surface area (TPSA) is 93.4 Å². The minimum absolute atomic E-state index is 0.355. The van der Waals surface area contributed by atoms with Gasteiger partial charge in [0.25, 0.3) is 0 Å². The zero-order valence-electron chi connectivity index (χ0n) is 13.9. The second kappa shape index (κ2) is 7.37. The third-order valence-corrected chi connectivity index (χ3v) is 4.81. The van der Waals surface area contributed by atoms with Crippen LogP contribution in [0.1, 0.15) is 12.8 Å². The number of carbonyl (C=O) groups excluding carboxylic acids is 1. The molecule has 2 heterocycles. The summed E-state index contributed by atoms with van der Waals surface area (Å²) in [6.45, 7) is 1.28. The number of methoxy groups -OCH3 is 1. The van der Waals surface area contributed by atoms with Gasteiger partial charge in [-0.15, -0.1) is 0 Å². The summed E-state index contributed by atoms with van der Waals surface area (Å²) >= 11 is 3.45. The molecule has 0 spiro atoms. The van der Waals surface area contributed by atoms with Crippen LogP contribution >= 0.6 is 15.9 Å². The zero-order valence-corrected chi connectivity index (χ0v) is 15.5. The van der Waals surface area contributed by atoms with Crippen LogP contribution in [-0.4, -0.2) is 41.7 Å². The molecule has 0 amide bonds. The van der Waals surface area contributed by atoms with Gasteiger partial charge in [0.2, 0.25) is 0 Å². The molecule has 1 saturated heterocycles. The number of rotatable bonds is 4. The van der Waals surface area contributed by atoms with Crippen molar-refractivity contribution in [2.75, 3.05) is 30.4 Å². The van der Waals surface area contributed by atoms with Crippen molar-refractivity contribution < 1.29 is 9.53 Å². The Hall–Kier alpha value is -2.19. The van der Waals surface area contributed by atoms with Gasteiger partial charge in [0.15, 0.2) is 0 Å². The van der Waals surface area contributed by atoms with Crippen LogP contribution in [0, 0.1) is 0 Å². The lowest BCUT2D eigenvalue weighted by molar-refractivity contribution is -0.147. The van der Waals surface area contributed by atoms with Crippen molar-refractivity contribution in [3.8, 4) is 0 Å². The summed E-state index contributed by atoms with van der Waals surface area (Å²) in [4.78, 5) is 22.5. The molecule has 0 radical (unpaired) electrons. The van der Waals surface area contributed by atoms with Crippen LogP contribution in [0.2, 0.25) is 0 Å². The molecule has 7 nitrogen and oxygen atoms in total. The molecule has 1 fully saturated rings. The van der Waals surface area contributed by atoms with Crippen molar-refractivity contribution in [2.24, 2.45) is 5.73 Å². The number of benzene rings is 1. The minimum Gasteiger partial charge on any atom is -0.468 e. The summed E-state index contributed by atoms with van der Waals surface area (Å²) in [6.07, 6.45) is 2.58. The van der Waals surface area contributed by atoms with Gasteiger partial charge in [-0.05, 0) is 31.0 Å². The Kier molecular flexibility index (Phi) is 5.19. The van der Waals surface area contributed by atoms with Crippen LogP contribution in [0.3, 0.4) is 0 Å². The van der Waals surface area contributed by atoms with Crippen LogP contribution in [-0.2, 0) is 9.53 Å². The number of hydrogen-bond acceptors (Lipinski definition) is 7. The summed E-state index contributed by atoms with van der Waals surface area (Å²) < 4.78 is 5.80. The lowest BCUT2D eigenvalue weighted by Gasteiger charge is -2.37. The third kappa shape index (κ3) is 4.08. The first-order valence-electron chi connectivity index (χ1n) is 7.97. The fraction of sp³-hybridized carbons (Fsp3) is 0.353. The van der Waals surface area contributed by atoms with Crippen LogP contribution in [0.15, 0.2) is 41.1 Å². The molecule has 132 valence electrons. The molecule has 0 atom stereocenters. The van der Waals surface area contributed by atoms with E-state index in [4.69, 9.17) is 10.5 Å². The van der Waals surface area contributed by atoms with E-state index in [2.05, 4.69) is 36.1 Å². The van der Waals surface area contributed by atoms with E-state index in [0.29, 0.717) is 31.7 Å². The van der Waals surface area contributed by atoms with E-state index in [1.165, 1.54) is 13.4 Å². The molecule has 3 N–H and O–H groups in total. The molecule has 0 saturated carbocycles. The second-order valence-corrected chi connectivity index (χ2v) is 6.95. The Morgan fingerprint density at radius 3 is 2.76 bits per heavy atom. The van der Waals surface area contributed by atoms with Gasteiger partial charge in [0.05, 0.1) is 7.11 Å². The highest BCUT2D eigenvalue weighted by molar-refractivity contribution is 9.10. The maximum absolute atomic E-state index is 11.8. The van der Waals surface area contributed by atoms with Crippen LogP contribution in [0.5, 0.6) is 0 Å². The lowest BCUT2D eigenvalue weighted by atomic mass is 9.89. The third-order valence-electron chi connectivity index (χ3n) is 4.32. The molecular formula is C17H20BrN5O2. The van der Waals surface area contributed by atoms with E-state index in [-0.39, 0.29) is 5.97 Å². The lowest BCUT2D eigenvalue weighted by Crippen LogP contribution is -2.56. The summed E-state index contributed by atoms with van der Waals surface area (Å²) in [7, 11) is 1.37. The number of halogens is 1. The maximum Gasteiger partial charge on any atom is 0.325 e. The first kappa shape index (κ1) is 17.6. The number of anilines is 3. The van der Waals surface area contributed by atoms with Gasteiger partial charge >= 0.3 is 5.97 Å². The van der Waals surface area contributed by atoms with Crippen molar-refractivity contribution in [2.45, 2.75) is 18.4 Å². The van der Waals surface area contributed by atoms with Crippen molar-refractivity contribution in [3.05, 3.63) is 41.1 Å². The van der Waals surface area contributed by atoms with E-state index >= 15 is 0 Å². The number of carbonyl (C=O) groups is 1. The number of nitrogens with zero attached hydrogens (tertiary/aromatic N) is 3. The Labute approximate surface area is 154 Å². The van der Waals surface area contributed by atoms with Gasteiger partial charge < -0.3 is 20.7 Å². The van der Waals surface area contributed by atoms with Gasteiger partial charge in [-0.2, -0.15) is 0 Å². The quantitative estimate of drug-likeness (QED) is 0.754. The fourth-order valence-corrected chi connectivity index (χ4v) is 3.24. The number of piperidine rings is 1. The molecular weight excluding hydrogens is 386 g/mol. The normalized spacial score (nSPS) is 16.4. The highest BCUT2D eigenvalue weighted by Crippen LogP contribution is 2.26. The molecule has 1 aromatic carbocycles. The van der Waals surface area contributed by atoms with E-state index < -0.39 is 5.54 Å². The first-order chi connectivity index (χ1) is 12.0. The maximum atomic E-state index is 11.8. The SMILES string of the molecule is COC(=O)C1(N)CCN(c2cc(Nc3cccc(Br)c3)ncn2)CC1. The van der Waals surface area contributed by atoms with Gasteiger partial charge in [0, 0.05) is 29.3 Å². The fourth-order valence-electron chi connectivity index (χ4n) is 2.84. The summed E-state index contributed by atoms with van der Waals surface area (Å²) in [6, 6.07) is 9.74. The van der Waals surface area contributed by atoms with E-state index in [0.717, 1.165) is 16.0 Å². The Morgan fingerprint density at radius 2 is 2.08 bits per heavy atom. The minimum atomic E-state index is -0.907. The van der Waals surface area contributed by atoms with Gasteiger partial charge in [0.1, 0.15) is 23.5 Å². The molecule has 1 aliphatic heterocycles. The van der Waals surface area contributed by atoms with Gasteiger partial charge in [-0.1, -0.05) is 22.0 Å². The highest BCUT2D eigenvalue weighted by atomic mass is 79.9. The molecule has 0 bridgehead atoms. The average molecular weight is 406 g/mol. The van der Waals surface area contributed by atoms with E-state index in [1.807, 2.05) is 30.3 Å². The van der Waals surface area contributed by atoms with Crippen LogP contribution < -0.4 is 16.0 Å². The van der Waals surface area contributed by atoms with Crippen LogP contribution in [0.25, 0.3) is 0 Å². The molecule has 0 aliphatic carbocycles. The number of nitrogens with one attached hydrogen (secondary N) is 1. The summed E-state index contributed by atoms with van der Waals surface area (Å²) in [5, 5.41) is 3.26. The van der Waals surface area contributed by atoms with E-state index in [1.54, 1.807) is 0 Å². The molecule has 8 heteroatoms. The predicted octanol–water partition coefficient (Wildman–Crippen LogP) is 2.45. The number of esters is 1. The van der Waals surface area contributed by atoms with Crippen LogP contribution in [0.4, 0.5) is 17.3 Å². The molecule has 1 aromatic heterocycles. The number of ether oxygens (including phenoxy) is 1. The van der Waals surface area contributed by atoms with Crippen molar-refractivity contribution in [1.29, 1.82) is 0 Å². The second-order valence-electron chi connectivity index (χ2n) is 6.03. The summed E-state index contributed by atoms with van der Waals surface area (Å²) in [5.41, 5.74) is 6.18.